The van der Waals surface area contributed by atoms with Crippen LogP contribution in [0.5, 0.6) is 0 Å². The zero-order valence-corrected chi connectivity index (χ0v) is 12.9. The topological polar surface area (TPSA) is 86.7 Å². The molecule has 0 radical (unpaired) electrons. The molecule has 108 valence electrons. The van der Waals surface area contributed by atoms with E-state index in [-0.39, 0.29) is 17.3 Å². The molecular formula is C12H13BrN2O4S. The lowest BCUT2D eigenvalue weighted by atomic mass is 10.2. The van der Waals surface area contributed by atoms with Crippen molar-refractivity contribution in [2.24, 2.45) is 0 Å². The fourth-order valence-corrected chi connectivity index (χ4v) is 3.25. The Bertz CT molecular complexity index is 569. The Morgan fingerprint density at radius 1 is 1.30 bits per heavy atom. The highest BCUT2D eigenvalue weighted by atomic mass is 79.9. The number of carboxylic acid groups (broad SMARTS) is 1. The number of rotatable bonds is 2. The summed E-state index contributed by atoms with van der Waals surface area (Å²) < 4.78 is 11.9. The number of carbonyl (C=O) groups excluding carboxylic acids is 1. The number of urea groups is 1. The molecule has 1 aliphatic rings. The van der Waals surface area contributed by atoms with Crippen molar-refractivity contribution < 1.29 is 18.9 Å². The number of halogens is 1. The summed E-state index contributed by atoms with van der Waals surface area (Å²) in [6, 6.07) is 4.20. The summed E-state index contributed by atoms with van der Waals surface area (Å²) in [6.07, 6.45) is 0. The number of benzene rings is 1. The number of carbonyl (C=O) groups is 2. The number of carboxylic acids is 1. The van der Waals surface area contributed by atoms with Crippen LogP contribution >= 0.6 is 15.9 Å². The van der Waals surface area contributed by atoms with Gasteiger partial charge in [0.25, 0.3) is 0 Å². The van der Waals surface area contributed by atoms with Gasteiger partial charge in [-0.1, -0.05) is 15.9 Å². The minimum Gasteiger partial charge on any atom is -0.478 e. The first-order chi connectivity index (χ1) is 9.47. The molecule has 0 saturated carbocycles. The molecule has 1 aliphatic heterocycles. The van der Waals surface area contributed by atoms with Crippen molar-refractivity contribution in [3.8, 4) is 0 Å². The lowest BCUT2D eigenvalue weighted by Crippen LogP contribution is -2.44. The van der Waals surface area contributed by atoms with Crippen LogP contribution in [0.2, 0.25) is 0 Å². The SMILES string of the molecule is O=C(O)c1ccc(Br)cc1NC(=O)N1CCS(=O)CC1. The summed E-state index contributed by atoms with van der Waals surface area (Å²) in [5.74, 6) is -0.192. The molecule has 0 bridgehead atoms. The zero-order valence-electron chi connectivity index (χ0n) is 10.5. The fraction of sp³-hybridized carbons (Fsp3) is 0.333. The molecule has 20 heavy (non-hydrogen) atoms. The maximum Gasteiger partial charge on any atom is 0.337 e. The van der Waals surface area contributed by atoms with E-state index < -0.39 is 16.8 Å². The number of nitrogens with zero attached hydrogens (tertiary/aromatic N) is 1. The quantitative estimate of drug-likeness (QED) is 0.840. The standard InChI is InChI=1S/C12H13BrN2O4S/c13-8-1-2-9(11(16)17)10(7-8)14-12(18)15-3-5-20(19)6-4-15/h1-2,7H,3-6H2,(H,14,18)(H,16,17). The van der Waals surface area contributed by atoms with Crippen molar-refractivity contribution in [3.05, 3.63) is 28.2 Å². The van der Waals surface area contributed by atoms with Gasteiger partial charge in [-0.05, 0) is 18.2 Å². The molecule has 1 aromatic carbocycles. The number of aromatic carboxylic acids is 1. The van der Waals surface area contributed by atoms with Crippen molar-refractivity contribution in [3.63, 3.8) is 0 Å². The summed E-state index contributed by atoms with van der Waals surface area (Å²) in [7, 11) is -0.863. The molecule has 0 unspecified atom stereocenters. The molecule has 0 aliphatic carbocycles. The Morgan fingerprint density at radius 3 is 2.55 bits per heavy atom. The van der Waals surface area contributed by atoms with Crippen LogP contribution in [0.25, 0.3) is 0 Å². The maximum atomic E-state index is 12.1. The molecule has 0 aromatic heterocycles. The fourth-order valence-electron chi connectivity index (χ4n) is 1.84. The predicted octanol–water partition coefficient (Wildman–Crippen LogP) is 1.74. The van der Waals surface area contributed by atoms with Crippen LogP contribution in [0.4, 0.5) is 10.5 Å². The number of hydrogen-bond donors (Lipinski definition) is 2. The third kappa shape index (κ3) is 3.57. The second-order valence-corrected chi connectivity index (χ2v) is 6.87. The molecular weight excluding hydrogens is 348 g/mol. The maximum absolute atomic E-state index is 12.1. The molecule has 2 rings (SSSR count). The Morgan fingerprint density at radius 2 is 1.95 bits per heavy atom. The Balaban J connectivity index is 2.13. The summed E-state index contributed by atoms with van der Waals surface area (Å²) in [4.78, 5) is 24.7. The first-order valence-corrected chi connectivity index (χ1v) is 8.19. The molecule has 0 spiro atoms. The lowest BCUT2D eigenvalue weighted by Gasteiger charge is -2.26. The van der Waals surface area contributed by atoms with Gasteiger partial charge in [0, 0.05) is 39.9 Å². The van der Waals surface area contributed by atoms with E-state index in [0.717, 1.165) is 0 Å². The van der Waals surface area contributed by atoms with Crippen LogP contribution in [0, 0.1) is 0 Å². The summed E-state index contributed by atoms with van der Waals surface area (Å²) >= 11 is 3.24. The molecule has 8 heteroatoms. The van der Waals surface area contributed by atoms with Gasteiger partial charge in [0.2, 0.25) is 0 Å². The average molecular weight is 361 g/mol. The first kappa shape index (κ1) is 15.0. The van der Waals surface area contributed by atoms with Crippen LogP contribution < -0.4 is 5.32 Å². The summed E-state index contributed by atoms with van der Waals surface area (Å²) in [6.45, 7) is 0.823. The smallest absolute Gasteiger partial charge is 0.337 e. The second-order valence-electron chi connectivity index (χ2n) is 4.26. The van der Waals surface area contributed by atoms with Gasteiger partial charge in [-0.25, -0.2) is 9.59 Å². The van der Waals surface area contributed by atoms with Crippen LogP contribution in [-0.4, -0.2) is 50.8 Å². The van der Waals surface area contributed by atoms with Crippen LogP contribution in [0.1, 0.15) is 10.4 Å². The Labute approximate surface area is 126 Å². The van der Waals surface area contributed by atoms with E-state index in [2.05, 4.69) is 21.2 Å². The van der Waals surface area contributed by atoms with Crippen LogP contribution in [-0.2, 0) is 10.8 Å². The van der Waals surface area contributed by atoms with Gasteiger partial charge in [0.05, 0.1) is 11.3 Å². The monoisotopic (exact) mass is 360 g/mol. The molecule has 1 fully saturated rings. The highest BCUT2D eigenvalue weighted by Crippen LogP contribution is 2.22. The second kappa shape index (κ2) is 6.36. The van der Waals surface area contributed by atoms with E-state index in [1.165, 1.54) is 11.0 Å². The highest BCUT2D eigenvalue weighted by Gasteiger charge is 2.21. The van der Waals surface area contributed by atoms with E-state index in [9.17, 15) is 13.8 Å². The largest absolute Gasteiger partial charge is 0.478 e. The molecule has 2 N–H and O–H groups in total. The van der Waals surface area contributed by atoms with E-state index in [4.69, 9.17) is 5.11 Å². The van der Waals surface area contributed by atoms with Crippen molar-refractivity contribution in [1.82, 2.24) is 4.90 Å². The third-order valence-corrected chi connectivity index (χ3v) is 4.69. The minimum atomic E-state index is -1.10. The highest BCUT2D eigenvalue weighted by molar-refractivity contribution is 9.10. The molecule has 0 atom stereocenters. The number of nitrogens with one attached hydrogen (secondary N) is 1. The van der Waals surface area contributed by atoms with Crippen molar-refractivity contribution in [2.45, 2.75) is 0 Å². The van der Waals surface area contributed by atoms with Crippen molar-refractivity contribution in [1.29, 1.82) is 0 Å². The van der Waals surface area contributed by atoms with Gasteiger partial charge in [0.1, 0.15) is 0 Å². The van der Waals surface area contributed by atoms with Gasteiger partial charge in [-0.2, -0.15) is 0 Å². The Hall–Kier alpha value is -1.41. The van der Waals surface area contributed by atoms with Gasteiger partial charge < -0.3 is 15.3 Å². The van der Waals surface area contributed by atoms with Gasteiger partial charge >= 0.3 is 12.0 Å². The van der Waals surface area contributed by atoms with E-state index in [1.807, 2.05) is 0 Å². The van der Waals surface area contributed by atoms with E-state index >= 15 is 0 Å². The molecule has 2 amide bonds. The van der Waals surface area contributed by atoms with Gasteiger partial charge in [-0.3, -0.25) is 4.21 Å². The number of hydrogen-bond acceptors (Lipinski definition) is 3. The summed E-state index contributed by atoms with van der Waals surface area (Å²) in [5, 5.41) is 11.7. The van der Waals surface area contributed by atoms with Crippen molar-refractivity contribution >= 4 is 44.4 Å². The van der Waals surface area contributed by atoms with E-state index in [1.54, 1.807) is 12.1 Å². The third-order valence-electron chi connectivity index (χ3n) is 2.92. The minimum absolute atomic E-state index is 0.0298. The number of anilines is 1. The first-order valence-electron chi connectivity index (χ1n) is 5.91. The zero-order chi connectivity index (χ0) is 14.7. The summed E-state index contributed by atoms with van der Waals surface area (Å²) in [5.41, 5.74) is 0.269. The molecule has 1 saturated heterocycles. The predicted molar refractivity (Wildman–Crippen MR) is 79.6 cm³/mol. The molecule has 6 nitrogen and oxygen atoms in total. The van der Waals surface area contributed by atoms with Gasteiger partial charge in [0.15, 0.2) is 0 Å². The normalized spacial score (nSPS) is 15.9. The van der Waals surface area contributed by atoms with Crippen molar-refractivity contribution in [2.75, 3.05) is 29.9 Å². The van der Waals surface area contributed by atoms with Crippen LogP contribution in [0.15, 0.2) is 22.7 Å². The van der Waals surface area contributed by atoms with Crippen LogP contribution in [0.3, 0.4) is 0 Å². The lowest BCUT2D eigenvalue weighted by molar-refractivity contribution is 0.0698. The Kier molecular flexibility index (Phi) is 4.77. The van der Waals surface area contributed by atoms with Gasteiger partial charge in [-0.15, -0.1) is 0 Å². The van der Waals surface area contributed by atoms with E-state index in [0.29, 0.717) is 29.1 Å². The molecule has 1 aromatic rings. The average Bonchev–Trinajstić information content (AvgIpc) is 2.39. The number of amides is 2. The molecule has 1 heterocycles.